The van der Waals surface area contributed by atoms with E-state index in [1.165, 1.54) is 17.9 Å². The Bertz CT molecular complexity index is 117. The van der Waals surface area contributed by atoms with Crippen LogP contribution in [0, 0.1) is 5.92 Å². The highest BCUT2D eigenvalue weighted by atomic mass is 32.2. The van der Waals surface area contributed by atoms with Gasteiger partial charge in [0, 0.05) is 17.8 Å². The third kappa shape index (κ3) is 6.39. The summed E-state index contributed by atoms with van der Waals surface area (Å²) in [5, 5.41) is 3.64. The molecule has 1 N–H and O–H groups in total. The molecule has 0 spiro atoms. The molecule has 0 bridgehead atoms. The van der Waals surface area contributed by atoms with Crippen LogP contribution in [0.2, 0.25) is 0 Å². The smallest absolute Gasteiger partial charge is 0.0132 e. The molecule has 0 amide bonds. The minimum atomic E-state index is 0.647. The average molecular weight is 203 g/mol. The fourth-order valence-electron chi connectivity index (χ4n) is 1.31. The number of thioether (sulfide) groups is 1. The van der Waals surface area contributed by atoms with E-state index in [1.807, 2.05) is 11.8 Å². The van der Waals surface area contributed by atoms with Crippen LogP contribution in [0.15, 0.2) is 0 Å². The molecule has 3 unspecified atom stereocenters. The molecule has 0 saturated carbocycles. The van der Waals surface area contributed by atoms with Crippen molar-refractivity contribution in [1.29, 1.82) is 0 Å². The quantitative estimate of drug-likeness (QED) is 0.682. The highest BCUT2D eigenvalue weighted by molar-refractivity contribution is 7.99. The van der Waals surface area contributed by atoms with E-state index >= 15 is 0 Å². The van der Waals surface area contributed by atoms with Crippen LogP contribution in [0.25, 0.3) is 0 Å². The maximum atomic E-state index is 3.64. The van der Waals surface area contributed by atoms with Gasteiger partial charge in [0.2, 0.25) is 0 Å². The molecule has 80 valence electrons. The van der Waals surface area contributed by atoms with Gasteiger partial charge in [-0.25, -0.2) is 0 Å². The van der Waals surface area contributed by atoms with Crippen molar-refractivity contribution < 1.29 is 0 Å². The molecule has 1 nitrogen and oxygen atoms in total. The standard InChI is InChI=1S/C11H25NS/c1-6-9(3)11(5)12-10(4)8-13-7-2/h9-12H,6-8H2,1-5H3. The predicted molar refractivity (Wildman–Crippen MR) is 64.5 cm³/mol. The summed E-state index contributed by atoms with van der Waals surface area (Å²) in [5.74, 6) is 3.25. The lowest BCUT2D eigenvalue weighted by Crippen LogP contribution is -2.39. The van der Waals surface area contributed by atoms with Crippen LogP contribution >= 0.6 is 11.8 Å². The third-order valence-electron chi connectivity index (χ3n) is 2.62. The summed E-state index contributed by atoms with van der Waals surface area (Å²) in [6, 6.07) is 1.30. The van der Waals surface area contributed by atoms with E-state index in [4.69, 9.17) is 0 Å². The zero-order valence-corrected chi connectivity index (χ0v) is 10.6. The molecular weight excluding hydrogens is 178 g/mol. The van der Waals surface area contributed by atoms with Gasteiger partial charge >= 0.3 is 0 Å². The van der Waals surface area contributed by atoms with Crippen molar-refractivity contribution in [3.05, 3.63) is 0 Å². The molecule has 0 aromatic rings. The second-order valence-electron chi connectivity index (χ2n) is 3.90. The van der Waals surface area contributed by atoms with Crippen molar-refractivity contribution in [2.24, 2.45) is 5.92 Å². The Morgan fingerprint density at radius 1 is 1.15 bits per heavy atom. The monoisotopic (exact) mass is 203 g/mol. The van der Waals surface area contributed by atoms with Crippen LogP contribution in [-0.4, -0.2) is 23.6 Å². The Morgan fingerprint density at radius 2 is 1.77 bits per heavy atom. The third-order valence-corrected chi connectivity index (χ3v) is 3.76. The van der Waals surface area contributed by atoms with Gasteiger partial charge in [0.25, 0.3) is 0 Å². The highest BCUT2D eigenvalue weighted by Crippen LogP contribution is 2.09. The highest BCUT2D eigenvalue weighted by Gasteiger charge is 2.12. The van der Waals surface area contributed by atoms with Crippen LogP contribution in [0.4, 0.5) is 0 Å². The van der Waals surface area contributed by atoms with Crippen LogP contribution < -0.4 is 5.32 Å². The van der Waals surface area contributed by atoms with Gasteiger partial charge in [-0.3, -0.25) is 0 Å². The van der Waals surface area contributed by atoms with Crippen molar-refractivity contribution in [3.63, 3.8) is 0 Å². The van der Waals surface area contributed by atoms with Crippen molar-refractivity contribution in [2.75, 3.05) is 11.5 Å². The Kier molecular flexibility index (Phi) is 7.87. The summed E-state index contributed by atoms with van der Waals surface area (Å²) in [5.41, 5.74) is 0. The normalized spacial score (nSPS) is 18.2. The van der Waals surface area contributed by atoms with Gasteiger partial charge in [-0.05, 0) is 25.5 Å². The van der Waals surface area contributed by atoms with Gasteiger partial charge in [-0.1, -0.05) is 27.2 Å². The lowest BCUT2D eigenvalue weighted by atomic mass is 10.0. The molecule has 0 saturated heterocycles. The van der Waals surface area contributed by atoms with E-state index in [-0.39, 0.29) is 0 Å². The van der Waals surface area contributed by atoms with E-state index in [2.05, 4.69) is 39.9 Å². The molecule has 0 aliphatic carbocycles. The van der Waals surface area contributed by atoms with E-state index in [1.54, 1.807) is 0 Å². The first-order chi connectivity index (χ1) is 6.11. The Morgan fingerprint density at radius 3 is 2.23 bits per heavy atom. The first-order valence-corrected chi connectivity index (χ1v) is 6.61. The topological polar surface area (TPSA) is 12.0 Å². The molecule has 3 atom stereocenters. The Labute approximate surface area is 88.1 Å². The van der Waals surface area contributed by atoms with Gasteiger partial charge in [0.15, 0.2) is 0 Å². The molecular formula is C11H25NS. The van der Waals surface area contributed by atoms with E-state index in [0.29, 0.717) is 12.1 Å². The second-order valence-corrected chi connectivity index (χ2v) is 5.22. The summed E-state index contributed by atoms with van der Waals surface area (Å²) in [4.78, 5) is 0. The van der Waals surface area contributed by atoms with E-state index < -0.39 is 0 Å². The van der Waals surface area contributed by atoms with Crippen molar-refractivity contribution >= 4 is 11.8 Å². The number of nitrogens with one attached hydrogen (secondary N) is 1. The fourth-order valence-corrected chi connectivity index (χ4v) is 1.99. The molecule has 2 heteroatoms. The Balaban J connectivity index is 3.57. The van der Waals surface area contributed by atoms with Gasteiger partial charge < -0.3 is 5.32 Å². The second kappa shape index (κ2) is 7.69. The van der Waals surface area contributed by atoms with Crippen LogP contribution in [0.5, 0.6) is 0 Å². The van der Waals surface area contributed by atoms with Gasteiger partial charge in [-0.15, -0.1) is 0 Å². The number of hydrogen-bond acceptors (Lipinski definition) is 2. The summed E-state index contributed by atoms with van der Waals surface area (Å²) in [7, 11) is 0. The van der Waals surface area contributed by atoms with Crippen molar-refractivity contribution in [2.45, 2.75) is 53.1 Å². The van der Waals surface area contributed by atoms with Crippen molar-refractivity contribution in [1.82, 2.24) is 5.32 Å². The zero-order chi connectivity index (χ0) is 10.3. The van der Waals surface area contributed by atoms with E-state index in [0.717, 1.165) is 5.92 Å². The Hall–Kier alpha value is 0.310. The molecule has 0 rings (SSSR count). The SMILES string of the molecule is CCSCC(C)NC(C)C(C)CC. The average Bonchev–Trinajstić information content (AvgIpc) is 2.13. The summed E-state index contributed by atoms with van der Waals surface area (Å²) >= 11 is 2.02. The molecule has 0 aromatic heterocycles. The summed E-state index contributed by atoms with van der Waals surface area (Å²) in [6.45, 7) is 11.4. The maximum Gasteiger partial charge on any atom is 0.0132 e. The molecule has 0 heterocycles. The van der Waals surface area contributed by atoms with E-state index in [9.17, 15) is 0 Å². The maximum absolute atomic E-state index is 3.64. The molecule has 0 fully saturated rings. The summed E-state index contributed by atoms with van der Waals surface area (Å²) in [6.07, 6.45) is 1.27. The molecule has 0 radical (unpaired) electrons. The molecule has 0 aliphatic heterocycles. The van der Waals surface area contributed by atoms with Gasteiger partial charge in [0.05, 0.1) is 0 Å². The first kappa shape index (κ1) is 13.3. The minimum absolute atomic E-state index is 0.647. The number of rotatable bonds is 7. The lowest BCUT2D eigenvalue weighted by Gasteiger charge is -2.24. The van der Waals surface area contributed by atoms with Crippen LogP contribution in [0.1, 0.15) is 41.0 Å². The summed E-state index contributed by atoms with van der Waals surface area (Å²) < 4.78 is 0. The lowest BCUT2D eigenvalue weighted by molar-refractivity contribution is 0.368. The minimum Gasteiger partial charge on any atom is -0.311 e. The zero-order valence-electron chi connectivity index (χ0n) is 9.76. The van der Waals surface area contributed by atoms with Crippen LogP contribution in [0.3, 0.4) is 0 Å². The predicted octanol–water partition coefficient (Wildman–Crippen LogP) is 3.15. The molecule has 0 aromatic carbocycles. The van der Waals surface area contributed by atoms with Gasteiger partial charge in [-0.2, -0.15) is 11.8 Å². The van der Waals surface area contributed by atoms with Gasteiger partial charge in [0.1, 0.15) is 0 Å². The molecule has 13 heavy (non-hydrogen) atoms. The first-order valence-electron chi connectivity index (χ1n) is 5.45. The fraction of sp³-hybridized carbons (Fsp3) is 1.00. The van der Waals surface area contributed by atoms with Crippen molar-refractivity contribution in [3.8, 4) is 0 Å². The number of hydrogen-bond donors (Lipinski definition) is 1. The van der Waals surface area contributed by atoms with Crippen LogP contribution in [-0.2, 0) is 0 Å². The molecule has 0 aliphatic rings. The largest absolute Gasteiger partial charge is 0.311 e.